The summed E-state index contributed by atoms with van der Waals surface area (Å²) in [5.74, 6) is -0.180. The van der Waals surface area contributed by atoms with E-state index in [0.29, 0.717) is 24.0 Å². The first-order chi connectivity index (χ1) is 16.5. The maximum Gasteiger partial charge on any atom is 0.298 e. The first-order valence-corrected chi connectivity index (χ1v) is 13.2. The van der Waals surface area contributed by atoms with Gasteiger partial charge in [0.1, 0.15) is 16.7 Å². The summed E-state index contributed by atoms with van der Waals surface area (Å²) in [6, 6.07) is 14.0. The Labute approximate surface area is 230 Å². The Bertz CT molecular complexity index is 1120. The number of halogens is 2. The van der Waals surface area contributed by atoms with Gasteiger partial charge in [0.25, 0.3) is 16.0 Å². The van der Waals surface area contributed by atoms with Crippen LogP contribution >= 0.6 is 24.0 Å². The number of likely N-dealkylation sites (N-methyl/N-ethyl adjacent to an activating group) is 1. The Balaban J connectivity index is 0.000000321. The molecule has 0 bridgehead atoms. The van der Waals surface area contributed by atoms with Crippen molar-refractivity contribution in [3.63, 3.8) is 0 Å². The summed E-state index contributed by atoms with van der Waals surface area (Å²) in [6.07, 6.45) is 1.24. The lowest BCUT2D eigenvalue weighted by Gasteiger charge is -2.36. The summed E-state index contributed by atoms with van der Waals surface area (Å²) < 4.78 is 46.8. The predicted octanol–water partition coefficient (Wildman–Crippen LogP) is 3.30. The van der Waals surface area contributed by atoms with Gasteiger partial charge in [-0.2, -0.15) is 0 Å². The molecule has 11 heteroatoms. The number of aliphatic hydroxyl groups excluding tert-OH is 1. The maximum atomic E-state index is 12.8. The highest BCUT2D eigenvalue weighted by Gasteiger charge is 2.46. The molecule has 2 aromatic rings. The van der Waals surface area contributed by atoms with Crippen molar-refractivity contribution in [2.45, 2.75) is 37.5 Å². The second-order valence-electron chi connectivity index (χ2n) is 9.33. The van der Waals surface area contributed by atoms with Crippen LogP contribution < -0.4 is 10.6 Å². The Morgan fingerprint density at radius 1 is 1.11 bits per heavy atom. The summed E-state index contributed by atoms with van der Waals surface area (Å²) >= 11 is 0. The van der Waals surface area contributed by atoms with Gasteiger partial charge in [0.05, 0.1) is 0 Å². The van der Waals surface area contributed by atoms with Crippen LogP contribution in [0.4, 0.5) is 10.1 Å². The molecule has 1 saturated heterocycles. The molecule has 1 atom stereocenters. The average Bonchev–Trinajstić information content (AvgIpc) is 2.78. The van der Waals surface area contributed by atoms with Crippen molar-refractivity contribution in [3.8, 4) is 0 Å². The summed E-state index contributed by atoms with van der Waals surface area (Å²) in [5, 5.41) is 7.62. The molecule has 36 heavy (non-hydrogen) atoms. The second kappa shape index (κ2) is 13.0. The van der Waals surface area contributed by atoms with E-state index >= 15 is 0 Å². The van der Waals surface area contributed by atoms with E-state index in [2.05, 4.69) is 21.2 Å². The summed E-state index contributed by atoms with van der Waals surface area (Å²) in [7, 11) is -1.65. The summed E-state index contributed by atoms with van der Waals surface area (Å²) in [4.78, 5) is 4.60. The van der Waals surface area contributed by atoms with Gasteiger partial charge in [-0.25, -0.2) is 12.8 Å². The molecule has 0 aliphatic carbocycles. The molecule has 200 valence electrons. The van der Waals surface area contributed by atoms with Crippen molar-refractivity contribution in [1.29, 1.82) is 0 Å². The molecular weight excluding hydrogens is 598 g/mol. The van der Waals surface area contributed by atoms with Gasteiger partial charge in [-0.05, 0) is 63.1 Å². The van der Waals surface area contributed by atoms with E-state index < -0.39 is 20.9 Å². The van der Waals surface area contributed by atoms with Crippen LogP contribution in [-0.4, -0.2) is 69.9 Å². The SMILES string of the molecule is CN1CCN(c2ccc(C3C(C)(C)OC(N)=NS3(=O)=O)cc2)CC1.I.OCCCc1ccccc1F. The van der Waals surface area contributed by atoms with E-state index in [1.54, 1.807) is 32.0 Å². The van der Waals surface area contributed by atoms with Gasteiger partial charge in [0.2, 0.25) is 0 Å². The van der Waals surface area contributed by atoms with E-state index in [4.69, 9.17) is 15.6 Å². The van der Waals surface area contributed by atoms with E-state index in [0.717, 1.165) is 31.9 Å². The number of hydrogen-bond acceptors (Lipinski definition) is 7. The first-order valence-electron chi connectivity index (χ1n) is 11.7. The van der Waals surface area contributed by atoms with E-state index in [1.165, 1.54) is 6.07 Å². The lowest BCUT2D eigenvalue weighted by Crippen LogP contribution is -2.45. The van der Waals surface area contributed by atoms with Gasteiger partial charge in [-0.1, -0.05) is 30.3 Å². The molecule has 1 fully saturated rings. The largest absolute Gasteiger partial charge is 0.457 e. The minimum absolute atomic E-state index is 0. The van der Waals surface area contributed by atoms with Crippen LogP contribution in [0.25, 0.3) is 0 Å². The van der Waals surface area contributed by atoms with Crippen LogP contribution in [0.3, 0.4) is 0 Å². The molecule has 2 aliphatic rings. The van der Waals surface area contributed by atoms with Crippen molar-refractivity contribution in [1.82, 2.24) is 4.90 Å². The third-order valence-electron chi connectivity index (χ3n) is 6.14. The van der Waals surface area contributed by atoms with Crippen LogP contribution in [0.15, 0.2) is 52.9 Å². The molecular formula is C25H36FIN4O4S. The molecule has 0 radical (unpaired) electrons. The van der Waals surface area contributed by atoms with Gasteiger partial charge in [0.15, 0.2) is 0 Å². The van der Waals surface area contributed by atoms with Crippen molar-refractivity contribution in [2.75, 3.05) is 44.7 Å². The maximum absolute atomic E-state index is 12.8. The van der Waals surface area contributed by atoms with Gasteiger partial charge >= 0.3 is 0 Å². The number of aryl methyl sites for hydroxylation is 1. The lowest BCUT2D eigenvalue weighted by atomic mass is 9.97. The number of nitrogens with zero attached hydrogens (tertiary/aromatic N) is 3. The van der Waals surface area contributed by atoms with Gasteiger partial charge in [-0.3, -0.25) is 0 Å². The highest BCUT2D eigenvalue weighted by atomic mass is 127. The summed E-state index contributed by atoms with van der Waals surface area (Å²) in [6.45, 7) is 7.52. The zero-order valence-electron chi connectivity index (χ0n) is 20.9. The fraction of sp³-hybridized carbons (Fsp3) is 0.480. The number of hydrogen-bond donors (Lipinski definition) is 2. The third-order valence-corrected chi connectivity index (χ3v) is 8.01. The molecule has 3 N–H and O–H groups in total. The fourth-order valence-electron chi connectivity index (χ4n) is 4.35. The monoisotopic (exact) mass is 634 g/mol. The molecule has 2 aromatic carbocycles. The first kappa shape index (κ1) is 30.3. The third kappa shape index (κ3) is 7.77. The molecule has 2 heterocycles. The van der Waals surface area contributed by atoms with Crippen LogP contribution in [-0.2, 0) is 21.2 Å². The molecule has 0 saturated carbocycles. The lowest BCUT2D eigenvalue weighted by molar-refractivity contribution is 0.0827. The number of ether oxygens (including phenoxy) is 1. The minimum Gasteiger partial charge on any atom is -0.457 e. The van der Waals surface area contributed by atoms with E-state index in [9.17, 15) is 12.8 Å². The number of nitrogens with two attached hydrogens (primary N) is 1. The standard InChI is InChI=1S/C16H24N4O3S.C9H11FO.HI/c1-16(2)14(24(21,22)18-15(17)23-16)12-4-6-13(7-5-12)20-10-8-19(3)9-11-20;10-9-6-2-1-4-8(9)5-3-7-11;/h4-7,14H,8-11H2,1-3H3,(H2,17,18);1-2,4,6,11H,3,5,7H2;1H. The number of aliphatic hydroxyl groups is 1. The zero-order valence-corrected chi connectivity index (χ0v) is 24.1. The average molecular weight is 635 g/mol. The summed E-state index contributed by atoms with van der Waals surface area (Å²) in [5.41, 5.74) is 6.97. The number of piperazine rings is 1. The fourth-order valence-corrected chi connectivity index (χ4v) is 6.01. The Morgan fingerprint density at radius 2 is 1.72 bits per heavy atom. The quantitative estimate of drug-likeness (QED) is 0.487. The van der Waals surface area contributed by atoms with Crippen LogP contribution in [0.2, 0.25) is 0 Å². The van der Waals surface area contributed by atoms with Gasteiger partial charge in [-0.15, -0.1) is 28.4 Å². The molecule has 4 rings (SSSR count). The van der Waals surface area contributed by atoms with E-state index in [-0.39, 0.29) is 42.4 Å². The Kier molecular flexibility index (Phi) is 10.9. The molecule has 0 aromatic heterocycles. The topological polar surface area (TPSA) is 108 Å². The molecule has 2 aliphatic heterocycles. The number of anilines is 1. The Hall–Kier alpha value is -1.96. The number of benzene rings is 2. The number of sulfonamides is 1. The van der Waals surface area contributed by atoms with Crippen molar-refractivity contribution in [2.24, 2.45) is 10.1 Å². The second-order valence-corrected chi connectivity index (χ2v) is 11.0. The zero-order chi connectivity index (χ0) is 25.6. The Morgan fingerprint density at radius 3 is 2.28 bits per heavy atom. The minimum atomic E-state index is -3.76. The van der Waals surface area contributed by atoms with Crippen molar-refractivity contribution < 1.29 is 22.7 Å². The molecule has 0 spiro atoms. The smallest absolute Gasteiger partial charge is 0.298 e. The molecule has 1 unspecified atom stereocenters. The number of amidine groups is 1. The van der Waals surface area contributed by atoms with Crippen LogP contribution in [0.1, 0.15) is 36.6 Å². The highest BCUT2D eigenvalue weighted by Crippen LogP contribution is 2.40. The van der Waals surface area contributed by atoms with Crippen LogP contribution in [0.5, 0.6) is 0 Å². The van der Waals surface area contributed by atoms with Gasteiger partial charge < -0.3 is 25.4 Å². The van der Waals surface area contributed by atoms with Gasteiger partial charge in [0, 0.05) is 38.5 Å². The molecule has 8 nitrogen and oxygen atoms in total. The number of rotatable bonds is 5. The van der Waals surface area contributed by atoms with Crippen molar-refractivity contribution in [3.05, 3.63) is 65.5 Å². The predicted molar refractivity (Wildman–Crippen MR) is 152 cm³/mol. The van der Waals surface area contributed by atoms with E-state index in [1.807, 2.05) is 24.3 Å². The molecule has 0 amide bonds. The highest BCUT2D eigenvalue weighted by molar-refractivity contribution is 14.0. The van der Waals surface area contributed by atoms with Crippen LogP contribution in [0, 0.1) is 5.82 Å². The van der Waals surface area contributed by atoms with Crippen molar-refractivity contribution >= 4 is 45.7 Å². The normalized spacial score (nSPS) is 20.8.